The molecule has 0 aromatic heterocycles. The molecule has 0 spiro atoms. The van der Waals surface area contributed by atoms with Gasteiger partial charge in [-0.15, -0.1) is 0 Å². The minimum absolute atomic E-state index is 0.497. The van der Waals surface area contributed by atoms with E-state index in [4.69, 9.17) is 5.73 Å². The lowest BCUT2D eigenvalue weighted by Crippen LogP contribution is -2.28. The molecule has 0 radical (unpaired) electrons. The Morgan fingerprint density at radius 3 is 2.47 bits per heavy atom. The Labute approximate surface area is 95.8 Å². The molecule has 1 aliphatic rings. The van der Waals surface area contributed by atoms with E-state index in [1.807, 2.05) is 0 Å². The molecule has 90 valence electrons. The Morgan fingerprint density at radius 2 is 1.87 bits per heavy atom. The first kappa shape index (κ1) is 13.0. The normalized spacial score (nSPS) is 28.2. The molecule has 0 saturated heterocycles. The second-order valence-corrected chi connectivity index (χ2v) is 5.55. The van der Waals surface area contributed by atoms with Gasteiger partial charge in [0.25, 0.3) is 0 Å². The summed E-state index contributed by atoms with van der Waals surface area (Å²) in [6, 6.07) is 0.497. The van der Waals surface area contributed by atoms with Crippen molar-refractivity contribution in [3.05, 3.63) is 0 Å². The fourth-order valence-corrected chi connectivity index (χ4v) is 2.86. The number of hydrogen-bond donors (Lipinski definition) is 1. The maximum Gasteiger partial charge on any atom is 0.00672 e. The summed E-state index contributed by atoms with van der Waals surface area (Å²) in [4.78, 5) is 0. The van der Waals surface area contributed by atoms with Crippen LogP contribution in [-0.2, 0) is 0 Å². The van der Waals surface area contributed by atoms with Crippen LogP contribution < -0.4 is 5.73 Å². The van der Waals surface area contributed by atoms with Gasteiger partial charge in [0.2, 0.25) is 0 Å². The summed E-state index contributed by atoms with van der Waals surface area (Å²) in [7, 11) is 0. The fraction of sp³-hybridized carbons (Fsp3) is 1.00. The van der Waals surface area contributed by atoms with E-state index in [2.05, 4.69) is 13.8 Å². The van der Waals surface area contributed by atoms with E-state index < -0.39 is 0 Å². The summed E-state index contributed by atoms with van der Waals surface area (Å²) in [5.74, 6) is 1.77. The average Bonchev–Trinajstić information content (AvgIpc) is 2.64. The van der Waals surface area contributed by atoms with Crippen molar-refractivity contribution < 1.29 is 0 Å². The van der Waals surface area contributed by atoms with Gasteiger partial charge in [-0.3, -0.25) is 0 Å². The third kappa shape index (κ3) is 5.01. The van der Waals surface area contributed by atoms with E-state index in [1.165, 1.54) is 57.8 Å². The molecule has 1 nitrogen and oxygen atoms in total. The van der Waals surface area contributed by atoms with Crippen LogP contribution in [0.5, 0.6) is 0 Å². The number of rotatable bonds is 7. The number of unbranched alkanes of at least 4 members (excludes halogenated alkanes) is 4. The van der Waals surface area contributed by atoms with Gasteiger partial charge in [-0.1, -0.05) is 52.4 Å². The first-order chi connectivity index (χ1) is 7.24. The highest BCUT2D eigenvalue weighted by atomic mass is 14.7. The summed E-state index contributed by atoms with van der Waals surface area (Å²) in [6.45, 7) is 4.64. The molecular formula is C14H29N. The predicted octanol–water partition coefficient (Wildman–Crippen LogP) is 4.11. The molecule has 3 unspecified atom stereocenters. The zero-order valence-corrected chi connectivity index (χ0v) is 10.7. The van der Waals surface area contributed by atoms with Crippen molar-refractivity contribution in [2.45, 2.75) is 77.7 Å². The van der Waals surface area contributed by atoms with Crippen LogP contribution >= 0.6 is 0 Å². The zero-order chi connectivity index (χ0) is 11.1. The molecule has 0 aliphatic heterocycles. The minimum Gasteiger partial charge on any atom is -0.327 e. The first-order valence-corrected chi connectivity index (χ1v) is 6.99. The summed E-state index contributed by atoms with van der Waals surface area (Å²) in [6.07, 6.45) is 12.3. The second-order valence-electron chi connectivity index (χ2n) is 5.55. The third-order valence-electron chi connectivity index (χ3n) is 3.98. The smallest absolute Gasteiger partial charge is 0.00672 e. The average molecular weight is 211 g/mol. The van der Waals surface area contributed by atoms with Crippen LogP contribution in [0.15, 0.2) is 0 Å². The van der Waals surface area contributed by atoms with Crippen molar-refractivity contribution in [1.82, 2.24) is 0 Å². The summed E-state index contributed by atoms with van der Waals surface area (Å²) in [5.41, 5.74) is 6.26. The van der Waals surface area contributed by atoms with Gasteiger partial charge in [0, 0.05) is 6.04 Å². The van der Waals surface area contributed by atoms with Gasteiger partial charge in [0.1, 0.15) is 0 Å². The predicted molar refractivity (Wildman–Crippen MR) is 67.9 cm³/mol. The van der Waals surface area contributed by atoms with E-state index >= 15 is 0 Å². The molecule has 2 N–H and O–H groups in total. The maximum atomic E-state index is 6.26. The van der Waals surface area contributed by atoms with Gasteiger partial charge >= 0.3 is 0 Å². The SMILES string of the molecule is CCCCCCCC(N)C1CCC(C)C1. The van der Waals surface area contributed by atoms with Gasteiger partial charge in [0.15, 0.2) is 0 Å². The van der Waals surface area contributed by atoms with Crippen molar-refractivity contribution in [1.29, 1.82) is 0 Å². The molecule has 1 saturated carbocycles. The van der Waals surface area contributed by atoms with Crippen molar-refractivity contribution in [3.63, 3.8) is 0 Å². The standard InChI is InChI=1S/C14H29N/c1-3-4-5-6-7-8-14(15)13-10-9-12(2)11-13/h12-14H,3-11,15H2,1-2H3. The van der Waals surface area contributed by atoms with Crippen molar-refractivity contribution >= 4 is 0 Å². The van der Waals surface area contributed by atoms with Crippen LogP contribution in [-0.4, -0.2) is 6.04 Å². The van der Waals surface area contributed by atoms with E-state index in [0.717, 1.165) is 11.8 Å². The Balaban J connectivity index is 2.00. The lowest BCUT2D eigenvalue weighted by Gasteiger charge is -2.18. The highest BCUT2D eigenvalue weighted by Crippen LogP contribution is 2.33. The van der Waals surface area contributed by atoms with Crippen LogP contribution in [0.25, 0.3) is 0 Å². The number of hydrogen-bond acceptors (Lipinski definition) is 1. The monoisotopic (exact) mass is 211 g/mol. The van der Waals surface area contributed by atoms with Gasteiger partial charge in [-0.05, 0) is 31.1 Å². The topological polar surface area (TPSA) is 26.0 Å². The fourth-order valence-electron chi connectivity index (χ4n) is 2.86. The highest BCUT2D eigenvalue weighted by Gasteiger charge is 2.25. The maximum absolute atomic E-state index is 6.26. The molecule has 0 aromatic carbocycles. The van der Waals surface area contributed by atoms with Gasteiger partial charge < -0.3 is 5.73 Å². The lowest BCUT2D eigenvalue weighted by molar-refractivity contribution is 0.385. The van der Waals surface area contributed by atoms with E-state index in [0.29, 0.717) is 6.04 Å². The Hall–Kier alpha value is -0.0400. The molecule has 1 rings (SSSR count). The molecule has 0 bridgehead atoms. The first-order valence-electron chi connectivity index (χ1n) is 6.99. The quantitative estimate of drug-likeness (QED) is 0.630. The molecular weight excluding hydrogens is 182 g/mol. The zero-order valence-electron chi connectivity index (χ0n) is 10.7. The van der Waals surface area contributed by atoms with Crippen molar-refractivity contribution in [2.24, 2.45) is 17.6 Å². The Morgan fingerprint density at radius 1 is 1.13 bits per heavy atom. The van der Waals surface area contributed by atoms with Crippen LogP contribution in [0.2, 0.25) is 0 Å². The molecule has 0 heterocycles. The Kier molecular flexibility index (Phi) is 6.31. The molecule has 1 heteroatoms. The summed E-state index contributed by atoms with van der Waals surface area (Å²) < 4.78 is 0. The summed E-state index contributed by atoms with van der Waals surface area (Å²) >= 11 is 0. The molecule has 3 atom stereocenters. The van der Waals surface area contributed by atoms with Gasteiger partial charge in [0.05, 0.1) is 0 Å². The van der Waals surface area contributed by atoms with Crippen molar-refractivity contribution in [2.75, 3.05) is 0 Å². The lowest BCUT2D eigenvalue weighted by atomic mass is 9.93. The highest BCUT2D eigenvalue weighted by molar-refractivity contribution is 4.80. The largest absolute Gasteiger partial charge is 0.327 e. The molecule has 0 aromatic rings. The van der Waals surface area contributed by atoms with Crippen molar-refractivity contribution in [3.8, 4) is 0 Å². The van der Waals surface area contributed by atoms with Crippen LogP contribution in [0, 0.1) is 11.8 Å². The van der Waals surface area contributed by atoms with E-state index in [-0.39, 0.29) is 0 Å². The van der Waals surface area contributed by atoms with Crippen LogP contribution in [0.3, 0.4) is 0 Å². The molecule has 0 amide bonds. The third-order valence-corrected chi connectivity index (χ3v) is 3.98. The van der Waals surface area contributed by atoms with Gasteiger partial charge in [-0.2, -0.15) is 0 Å². The second kappa shape index (κ2) is 7.27. The van der Waals surface area contributed by atoms with Crippen LogP contribution in [0.4, 0.5) is 0 Å². The minimum atomic E-state index is 0.497. The summed E-state index contributed by atoms with van der Waals surface area (Å²) in [5, 5.41) is 0. The molecule has 15 heavy (non-hydrogen) atoms. The number of nitrogens with two attached hydrogens (primary N) is 1. The molecule has 1 fully saturated rings. The van der Waals surface area contributed by atoms with E-state index in [9.17, 15) is 0 Å². The molecule has 1 aliphatic carbocycles. The van der Waals surface area contributed by atoms with Crippen LogP contribution in [0.1, 0.15) is 71.6 Å². The van der Waals surface area contributed by atoms with Gasteiger partial charge in [-0.25, -0.2) is 0 Å². The Bertz CT molecular complexity index is 155. The van der Waals surface area contributed by atoms with E-state index in [1.54, 1.807) is 0 Å².